The fourth-order valence-electron chi connectivity index (χ4n) is 1.63. The van der Waals surface area contributed by atoms with Crippen molar-refractivity contribution in [1.82, 2.24) is 4.98 Å². The molecule has 0 aliphatic heterocycles. The smallest absolute Gasteiger partial charge is 0.120 e. The number of nitrogens with two attached hydrogens (primary N) is 1. The quantitative estimate of drug-likeness (QED) is 0.842. The standard InChI is InChI=1S/C13H18BrN3S/c1-8(15)11(7-16-6-10-3-4-10)5-12-13(14)17-9(2)18-12/h7,10H,3-6,15H2,1-2H3. The average molecular weight is 328 g/mol. The first-order valence-electron chi connectivity index (χ1n) is 6.13. The monoisotopic (exact) mass is 327 g/mol. The highest BCUT2D eigenvalue weighted by atomic mass is 79.9. The van der Waals surface area contributed by atoms with Crippen molar-refractivity contribution in [2.75, 3.05) is 6.54 Å². The Balaban J connectivity index is 2.04. The van der Waals surface area contributed by atoms with Gasteiger partial charge in [-0.2, -0.15) is 0 Å². The van der Waals surface area contributed by atoms with Crippen molar-refractivity contribution in [1.29, 1.82) is 0 Å². The number of aliphatic imine (C=N–C) groups is 1. The molecule has 1 saturated carbocycles. The maximum atomic E-state index is 5.93. The van der Waals surface area contributed by atoms with E-state index in [1.54, 1.807) is 11.3 Å². The first-order chi connectivity index (χ1) is 8.56. The third-order valence-electron chi connectivity index (χ3n) is 2.92. The van der Waals surface area contributed by atoms with Crippen molar-refractivity contribution in [2.45, 2.75) is 33.1 Å². The van der Waals surface area contributed by atoms with Gasteiger partial charge in [-0.3, -0.25) is 4.99 Å². The molecule has 1 heterocycles. The fourth-order valence-corrected chi connectivity index (χ4v) is 3.24. The van der Waals surface area contributed by atoms with Crippen LogP contribution >= 0.6 is 27.3 Å². The number of rotatable bonds is 5. The van der Waals surface area contributed by atoms with Crippen LogP contribution in [0.2, 0.25) is 0 Å². The summed E-state index contributed by atoms with van der Waals surface area (Å²) in [6.45, 7) is 4.89. The highest BCUT2D eigenvalue weighted by molar-refractivity contribution is 9.10. The van der Waals surface area contributed by atoms with Gasteiger partial charge in [0.2, 0.25) is 0 Å². The first-order valence-corrected chi connectivity index (χ1v) is 7.74. The summed E-state index contributed by atoms with van der Waals surface area (Å²) in [6, 6.07) is 0. The molecule has 5 heteroatoms. The summed E-state index contributed by atoms with van der Waals surface area (Å²) in [6.07, 6.45) is 5.41. The van der Waals surface area contributed by atoms with E-state index in [0.29, 0.717) is 0 Å². The number of nitrogens with zero attached hydrogens (tertiary/aromatic N) is 2. The second kappa shape index (κ2) is 5.97. The van der Waals surface area contributed by atoms with Crippen LogP contribution in [-0.2, 0) is 6.42 Å². The fraction of sp³-hybridized carbons (Fsp3) is 0.538. The lowest BCUT2D eigenvalue weighted by Crippen LogP contribution is -2.03. The van der Waals surface area contributed by atoms with Crippen molar-refractivity contribution in [3.05, 3.63) is 25.8 Å². The number of allylic oxidation sites excluding steroid dienone is 2. The number of aryl methyl sites for hydroxylation is 1. The molecule has 2 rings (SSSR count). The van der Waals surface area contributed by atoms with Crippen LogP contribution in [0.25, 0.3) is 0 Å². The van der Waals surface area contributed by atoms with Gasteiger partial charge in [0.05, 0.1) is 5.01 Å². The van der Waals surface area contributed by atoms with E-state index in [1.165, 1.54) is 17.7 Å². The van der Waals surface area contributed by atoms with E-state index in [0.717, 1.165) is 39.8 Å². The molecule has 0 spiro atoms. The molecular weight excluding hydrogens is 310 g/mol. The molecule has 18 heavy (non-hydrogen) atoms. The van der Waals surface area contributed by atoms with Crippen molar-refractivity contribution >= 4 is 33.5 Å². The predicted octanol–water partition coefficient (Wildman–Crippen LogP) is 3.47. The van der Waals surface area contributed by atoms with Crippen molar-refractivity contribution < 1.29 is 0 Å². The molecule has 0 atom stereocenters. The molecule has 1 fully saturated rings. The number of halogens is 1. The van der Waals surface area contributed by atoms with Crippen LogP contribution in [0, 0.1) is 12.8 Å². The molecule has 1 aliphatic rings. The lowest BCUT2D eigenvalue weighted by Gasteiger charge is -2.03. The summed E-state index contributed by atoms with van der Waals surface area (Å²) in [5.41, 5.74) is 7.87. The SMILES string of the molecule is CC(N)=C(C=NCC1CC1)Cc1sc(C)nc1Br. The molecule has 2 N–H and O–H groups in total. The van der Waals surface area contributed by atoms with E-state index >= 15 is 0 Å². The van der Waals surface area contributed by atoms with Gasteiger partial charge in [-0.25, -0.2) is 4.98 Å². The molecule has 0 aromatic carbocycles. The van der Waals surface area contributed by atoms with Crippen LogP contribution in [0.4, 0.5) is 0 Å². The number of hydrogen-bond acceptors (Lipinski definition) is 4. The first kappa shape index (κ1) is 13.7. The van der Waals surface area contributed by atoms with Gasteiger partial charge in [0.1, 0.15) is 4.60 Å². The Kier molecular flexibility index (Phi) is 4.56. The second-order valence-corrected chi connectivity index (χ2v) is 6.81. The van der Waals surface area contributed by atoms with E-state index in [9.17, 15) is 0 Å². The predicted molar refractivity (Wildman–Crippen MR) is 81.2 cm³/mol. The largest absolute Gasteiger partial charge is 0.402 e. The Labute approximate surface area is 120 Å². The van der Waals surface area contributed by atoms with E-state index in [-0.39, 0.29) is 0 Å². The Morgan fingerprint density at radius 1 is 1.61 bits per heavy atom. The van der Waals surface area contributed by atoms with Crippen LogP contribution in [0.1, 0.15) is 29.7 Å². The second-order valence-electron chi connectivity index (χ2n) is 4.77. The van der Waals surface area contributed by atoms with Crippen LogP contribution in [0.15, 0.2) is 20.9 Å². The Morgan fingerprint density at radius 2 is 2.33 bits per heavy atom. The third kappa shape index (κ3) is 3.92. The van der Waals surface area contributed by atoms with Gasteiger partial charge in [-0.1, -0.05) is 0 Å². The topological polar surface area (TPSA) is 51.3 Å². The molecule has 1 aliphatic carbocycles. The summed E-state index contributed by atoms with van der Waals surface area (Å²) < 4.78 is 0.930. The van der Waals surface area contributed by atoms with Crippen molar-refractivity contribution in [2.24, 2.45) is 16.6 Å². The summed E-state index contributed by atoms with van der Waals surface area (Å²) >= 11 is 5.19. The molecular formula is C13H18BrN3S. The minimum absolute atomic E-state index is 0.808. The zero-order valence-electron chi connectivity index (χ0n) is 10.7. The van der Waals surface area contributed by atoms with E-state index in [2.05, 4.69) is 25.9 Å². The number of aromatic nitrogens is 1. The molecule has 0 saturated heterocycles. The summed E-state index contributed by atoms with van der Waals surface area (Å²) in [4.78, 5) is 10.1. The molecule has 0 amide bonds. The van der Waals surface area contributed by atoms with Gasteiger partial charge in [0, 0.05) is 29.8 Å². The normalized spacial score (nSPS) is 17.3. The highest BCUT2D eigenvalue weighted by Gasteiger charge is 2.20. The minimum Gasteiger partial charge on any atom is -0.402 e. The van der Waals surface area contributed by atoms with Gasteiger partial charge >= 0.3 is 0 Å². The van der Waals surface area contributed by atoms with Crippen LogP contribution in [-0.4, -0.2) is 17.7 Å². The molecule has 1 aromatic rings. The summed E-state index contributed by atoms with van der Waals surface area (Å²) in [5.74, 6) is 0.818. The van der Waals surface area contributed by atoms with E-state index < -0.39 is 0 Å². The third-order valence-corrected chi connectivity index (χ3v) is 4.81. The molecule has 0 radical (unpaired) electrons. The van der Waals surface area contributed by atoms with Crippen molar-refractivity contribution in [3.8, 4) is 0 Å². The van der Waals surface area contributed by atoms with E-state index in [1.807, 2.05) is 20.1 Å². The van der Waals surface area contributed by atoms with Crippen LogP contribution < -0.4 is 5.73 Å². The van der Waals surface area contributed by atoms with Crippen molar-refractivity contribution in [3.63, 3.8) is 0 Å². The van der Waals surface area contributed by atoms with Crippen LogP contribution in [0.5, 0.6) is 0 Å². The van der Waals surface area contributed by atoms with Gasteiger partial charge < -0.3 is 5.73 Å². The summed E-state index contributed by atoms with van der Waals surface area (Å²) in [5, 5.41) is 1.07. The lowest BCUT2D eigenvalue weighted by molar-refractivity contribution is 0.851. The zero-order chi connectivity index (χ0) is 13.1. The molecule has 0 bridgehead atoms. The Morgan fingerprint density at radius 3 is 2.83 bits per heavy atom. The summed E-state index contributed by atoms with van der Waals surface area (Å²) in [7, 11) is 0. The van der Waals surface area contributed by atoms with Gasteiger partial charge in [-0.15, -0.1) is 11.3 Å². The minimum atomic E-state index is 0.808. The van der Waals surface area contributed by atoms with Crippen LogP contribution in [0.3, 0.4) is 0 Å². The van der Waals surface area contributed by atoms with Gasteiger partial charge in [0.25, 0.3) is 0 Å². The molecule has 3 nitrogen and oxygen atoms in total. The zero-order valence-corrected chi connectivity index (χ0v) is 13.1. The number of thiazole rings is 1. The van der Waals surface area contributed by atoms with Gasteiger partial charge in [0.15, 0.2) is 0 Å². The molecule has 0 unspecified atom stereocenters. The lowest BCUT2D eigenvalue weighted by atomic mass is 10.1. The molecule has 98 valence electrons. The van der Waals surface area contributed by atoms with Gasteiger partial charge in [-0.05, 0) is 54.1 Å². The maximum Gasteiger partial charge on any atom is 0.120 e. The number of hydrogen-bond donors (Lipinski definition) is 1. The maximum absolute atomic E-state index is 5.93. The Bertz CT molecular complexity index is 482. The Hall–Kier alpha value is -0.680. The highest BCUT2D eigenvalue weighted by Crippen LogP contribution is 2.29. The van der Waals surface area contributed by atoms with E-state index in [4.69, 9.17) is 5.73 Å². The average Bonchev–Trinajstić information content (AvgIpc) is 3.04. The molecule has 1 aromatic heterocycles.